The lowest BCUT2D eigenvalue weighted by Crippen LogP contribution is -2.34. The van der Waals surface area contributed by atoms with Crippen molar-refractivity contribution >= 4 is 5.69 Å². The van der Waals surface area contributed by atoms with Gasteiger partial charge in [-0.3, -0.25) is 4.90 Å². The Bertz CT molecular complexity index is 612. The highest BCUT2D eigenvalue weighted by molar-refractivity contribution is 5.79. The van der Waals surface area contributed by atoms with Crippen molar-refractivity contribution in [2.24, 2.45) is 0 Å². The molecule has 0 heterocycles. The largest absolute Gasteiger partial charge is 0.497 e. The first-order chi connectivity index (χ1) is 10.5. The predicted molar refractivity (Wildman–Crippen MR) is 88.3 cm³/mol. The highest BCUT2D eigenvalue weighted by Gasteiger charge is 2.12. The van der Waals surface area contributed by atoms with Crippen molar-refractivity contribution in [2.45, 2.75) is 6.35 Å². The normalized spacial score (nSPS) is 12.1. The van der Waals surface area contributed by atoms with Gasteiger partial charge in [0.05, 0.1) is 14.2 Å². The van der Waals surface area contributed by atoms with Gasteiger partial charge in [-0.25, -0.2) is 0 Å². The van der Waals surface area contributed by atoms with Crippen molar-refractivity contribution in [2.75, 3.05) is 33.6 Å². The molecule has 0 aliphatic rings. The first-order valence-corrected chi connectivity index (χ1v) is 6.98. The fraction of sp³-hybridized carbons (Fsp3) is 0.294. The Hall–Kier alpha value is -2.24. The van der Waals surface area contributed by atoms with Crippen molar-refractivity contribution < 1.29 is 14.6 Å². The second-order valence-electron chi connectivity index (χ2n) is 5.12. The summed E-state index contributed by atoms with van der Waals surface area (Å²) in [6.07, 6.45) is -0.788. The summed E-state index contributed by atoms with van der Waals surface area (Å²) in [6, 6.07) is 13.5. The Morgan fingerprint density at radius 1 is 0.955 bits per heavy atom. The molecule has 22 heavy (non-hydrogen) atoms. The summed E-state index contributed by atoms with van der Waals surface area (Å²) in [5.41, 5.74) is 2.80. The van der Waals surface area contributed by atoms with E-state index >= 15 is 0 Å². The molecule has 0 aliphatic carbocycles. The topological polar surface area (TPSA) is 54.0 Å². The SMILES string of the molecule is COc1ccc(-c2ccc(OC)cc2NC(O)N(C)C)cc1. The summed E-state index contributed by atoms with van der Waals surface area (Å²) in [6.45, 7) is 0. The Kier molecular flexibility index (Phi) is 5.25. The monoisotopic (exact) mass is 302 g/mol. The molecular weight excluding hydrogens is 280 g/mol. The summed E-state index contributed by atoms with van der Waals surface area (Å²) < 4.78 is 10.5. The number of nitrogens with one attached hydrogen (secondary N) is 1. The number of anilines is 1. The number of hydrogen-bond donors (Lipinski definition) is 2. The van der Waals surface area contributed by atoms with Crippen LogP contribution >= 0.6 is 0 Å². The van der Waals surface area contributed by atoms with Crippen molar-refractivity contribution in [3.05, 3.63) is 42.5 Å². The van der Waals surface area contributed by atoms with Gasteiger partial charge in [-0.2, -0.15) is 0 Å². The van der Waals surface area contributed by atoms with E-state index in [2.05, 4.69) is 5.32 Å². The average Bonchev–Trinajstić information content (AvgIpc) is 2.54. The van der Waals surface area contributed by atoms with Gasteiger partial charge in [-0.1, -0.05) is 12.1 Å². The van der Waals surface area contributed by atoms with Crippen LogP contribution < -0.4 is 14.8 Å². The van der Waals surface area contributed by atoms with Gasteiger partial charge < -0.3 is 19.9 Å². The number of nitrogens with zero attached hydrogens (tertiary/aromatic N) is 1. The van der Waals surface area contributed by atoms with Crippen LogP contribution in [-0.4, -0.2) is 44.7 Å². The summed E-state index contributed by atoms with van der Waals surface area (Å²) in [5, 5.41) is 13.1. The van der Waals surface area contributed by atoms with Crippen molar-refractivity contribution in [1.82, 2.24) is 4.90 Å². The van der Waals surface area contributed by atoms with Gasteiger partial charge in [0.15, 0.2) is 6.35 Å². The molecule has 0 aromatic heterocycles. The summed E-state index contributed by atoms with van der Waals surface area (Å²) in [4.78, 5) is 1.68. The second-order valence-corrected chi connectivity index (χ2v) is 5.12. The first kappa shape index (κ1) is 16.1. The Morgan fingerprint density at radius 2 is 1.55 bits per heavy atom. The smallest absolute Gasteiger partial charge is 0.183 e. The van der Waals surface area contributed by atoms with Gasteiger partial charge in [-0.05, 0) is 43.9 Å². The zero-order valence-electron chi connectivity index (χ0n) is 13.3. The van der Waals surface area contributed by atoms with Crippen LogP contribution in [0.1, 0.15) is 0 Å². The number of rotatable bonds is 6. The molecule has 1 atom stereocenters. The summed E-state index contributed by atoms with van der Waals surface area (Å²) in [5.74, 6) is 1.53. The zero-order valence-corrected chi connectivity index (χ0v) is 13.3. The van der Waals surface area contributed by atoms with Crippen molar-refractivity contribution in [1.29, 1.82) is 0 Å². The molecule has 0 amide bonds. The number of ether oxygens (including phenoxy) is 2. The maximum Gasteiger partial charge on any atom is 0.183 e. The number of aliphatic hydroxyl groups is 1. The number of methoxy groups -OCH3 is 2. The van der Waals surface area contributed by atoms with E-state index in [0.717, 1.165) is 28.3 Å². The average molecular weight is 302 g/mol. The highest BCUT2D eigenvalue weighted by Crippen LogP contribution is 2.32. The fourth-order valence-electron chi connectivity index (χ4n) is 2.06. The van der Waals surface area contributed by atoms with Crippen LogP contribution in [0.3, 0.4) is 0 Å². The number of aliphatic hydroxyl groups excluding tert-OH is 1. The molecule has 0 spiro atoms. The van der Waals surface area contributed by atoms with E-state index in [-0.39, 0.29) is 0 Å². The third kappa shape index (κ3) is 3.69. The van der Waals surface area contributed by atoms with Gasteiger partial charge in [0, 0.05) is 17.3 Å². The van der Waals surface area contributed by atoms with Crippen LogP contribution in [-0.2, 0) is 0 Å². The molecule has 0 aliphatic heterocycles. The minimum atomic E-state index is -0.788. The van der Waals surface area contributed by atoms with Gasteiger partial charge in [0.25, 0.3) is 0 Å². The maximum absolute atomic E-state index is 10.1. The van der Waals surface area contributed by atoms with Gasteiger partial charge >= 0.3 is 0 Å². The van der Waals surface area contributed by atoms with Crippen LogP contribution in [0, 0.1) is 0 Å². The molecule has 0 saturated carbocycles. The molecule has 2 N–H and O–H groups in total. The molecule has 1 unspecified atom stereocenters. The Labute approximate surface area is 131 Å². The molecule has 0 fully saturated rings. The highest BCUT2D eigenvalue weighted by atomic mass is 16.5. The molecule has 2 rings (SSSR count). The summed E-state index contributed by atoms with van der Waals surface area (Å²) >= 11 is 0. The molecule has 2 aromatic carbocycles. The third-order valence-corrected chi connectivity index (χ3v) is 3.40. The molecular formula is C17H22N2O3. The first-order valence-electron chi connectivity index (χ1n) is 6.98. The van der Waals surface area contributed by atoms with E-state index in [4.69, 9.17) is 9.47 Å². The lowest BCUT2D eigenvalue weighted by Gasteiger charge is -2.23. The van der Waals surface area contributed by atoms with Gasteiger partial charge in [0.2, 0.25) is 0 Å². The maximum atomic E-state index is 10.1. The van der Waals surface area contributed by atoms with Crippen LogP contribution in [0.2, 0.25) is 0 Å². The van der Waals surface area contributed by atoms with Crippen molar-refractivity contribution in [3.63, 3.8) is 0 Å². The van der Waals surface area contributed by atoms with Gasteiger partial charge in [0.1, 0.15) is 11.5 Å². The van der Waals surface area contributed by atoms with Crippen LogP contribution in [0.25, 0.3) is 11.1 Å². The third-order valence-electron chi connectivity index (χ3n) is 3.40. The predicted octanol–water partition coefficient (Wildman–Crippen LogP) is 2.62. The van der Waals surface area contributed by atoms with Crippen LogP contribution in [0.4, 0.5) is 5.69 Å². The fourth-order valence-corrected chi connectivity index (χ4v) is 2.06. The van der Waals surface area contributed by atoms with E-state index in [1.165, 1.54) is 0 Å². The Morgan fingerprint density at radius 3 is 2.09 bits per heavy atom. The number of benzene rings is 2. The number of hydrogen-bond acceptors (Lipinski definition) is 5. The minimum Gasteiger partial charge on any atom is -0.497 e. The lowest BCUT2D eigenvalue weighted by atomic mass is 10.0. The lowest BCUT2D eigenvalue weighted by molar-refractivity contribution is 0.0660. The van der Waals surface area contributed by atoms with Crippen molar-refractivity contribution in [3.8, 4) is 22.6 Å². The summed E-state index contributed by atoms with van der Waals surface area (Å²) in [7, 11) is 6.85. The molecule has 0 saturated heterocycles. The van der Waals surface area contributed by atoms with E-state index in [1.54, 1.807) is 33.2 Å². The quantitative estimate of drug-likeness (QED) is 0.803. The minimum absolute atomic E-state index is 0.728. The molecule has 0 bridgehead atoms. The molecule has 2 aromatic rings. The van der Waals surface area contributed by atoms with E-state index in [1.807, 2.05) is 42.5 Å². The standard InChI is InChI=1S/C17H22N2O3/c1-19(2)17(20)18-16-11-14(22-4)9-10-15(16)12-5-7-13(21-3)8-6-12/h5-11,17-18,20H,1-4H3. The van der Waals surface area contributed by atoms with Crippen LogP contribution in [0.5, 0.6) is 11.5 Å². The zero-order chi connectivity index (χ0) is 16.1. The van der Waals surface area contributed by atoms with E-state index in [9.17, 15) is 5.11 Å². The molecule has 118 valence electrons. The molecule has 5 heteroatoms. The molecule has 0 radical (unpaired) electrons. The van der Waals surface area contributed by atoms with Gasteiger partial charge in [-0.15, -0.1) is 0 Å². The second kappa shape index (κ2) is 7.15. The van der Waals surface area contributed by atoms with Crippen LogP contribution in [0.15, 0.2) is 42.5 Å². The Balaban J connectivity index is 2.40. The van der Waals surface area contributed by atoms with E-state index < -0.39 is 6.35 Å². The van der Waals surface area contributed by atoms with E-state index in [0.29, 0.717) is 0 Å². The molecule has 5 nitrogen and oxygen atoms in total.